The van der Waals surface area contributed by atoms with Gasteiger partial charge >= 0.3 is 6.03 Å². The summed E-state index contributed by atoms with van der Waals surface area (Å²) < 4.78 is 5.95. The molecule has 1 aromatic carbocycles. The van der Waals surface area contributed by atoms with Crippen molar-refractivity contribution in [2.24, 2.45) is 0 Å². The lowest BCUT2D eigenvalue weighted by atomic mass is 10.1. The van der Waals surface area contributed by atoms with Crippen molar-refractivity contribution >= 4 is 23.3 Å². The number of pyridine rings is 1. The number of nitrogens with zero attached hydrogens (tertiary/aromatic N) is 2. The molecule has 1 aliphatic rings. The second kappa shape index (κ2) is 7.53. The molecule has 0 saturated carbocycles. The van der Waals surface area contributed by atoms with Crippen LogP contribution in [0, 0.1) is 6.92 Å². The number of hydrogen-bond donors (Lipinski definition) is 1. The highest BCUT2D eigenvalue weighted by Gasteiger charge is 2.25. The number of halogens is 1. The average molecular weight is 346 g/mol. The molecular formula is C18H20ClN3O2. The van der Waals surface area contributed by atoms with Crippen LogP contribution in [0.3, 0.4) is 0 Å². The van der Waals surface area contributed by atoms with Gasteiger partial charge in [0.05, 0.1) is 6.54 Å². The van der Waals surface area contributed by atoms with Crippen LogP contribution in [-0.4, -0.2) is 35.1 Å². The Morgan fingerprint density at radius 3 is 3.00 bits per heavy atom. The topological polar surface area (TPSA) is 54.5 Å². The average Bonchev–Trinajstić information content (AvgIpc) is 2.59. The van der Waals surface area contributed by atoms with Crippen molar-refractivity contribution in [1.82, 2.24) is 9.88 Å². The lowest BCUT2D eigenvalue weighted by Gasteiger charge is -2.33. The third-order valence-electron chi connectivity index (χ3n) is 4.08. The van der Waals surface area contributed by atoms with Crippen molar-refractivity contribution in [3.05, 3.63) is 53.3 Å². The first-order valence-corrected chi connectivity index (χ1v) is 8.39. The van der Waals surface area contributed by atoms with E-state index in [1.807, 2.05) is 31.2 Å². The Balaban J connectivity index is 1.62. The van der Waals surface area contributed by atoms with Gasteiger partial charge in [0.2, 0.25) is 0 Å². The number of benzene rings is 1. The number of para-hydroxylation sites is 1. The number of carbonyl (C=O) groups is 1. The van der Waals surface area contributed by atoms with Crippen molar-refractivity contribution in [3.8, 4) is 5.75 Å². The fourth-order valence-corrected chi connectivity index (χ4v) is 2.93. The van der Waals surface area contributed by atoms with Crippen LogP contribution in [0.25, 0.3) is 0 Å². The molecule has 0 aliphatic carbocycles. The van der Waals surface area contributed by atoms with Crippen LogP contribution < -0.4 is 10.1 Å². The van der Waals surface area contributed by atoms with E-state index in [0.29, 0.717) is 17.3 Å². The molecular weight excluding hydrogens is 326 g/mol. The van der Waals surface area contributed by atoms with E-state index in [0.717, 1.165) is 30.6 Å². The van der Waals surface area contributed by atoms with Gasteiger partial charge in [-0.25, -0.2) is 4.79 Å². The molecule has 5 nitrogen and oxygen atoms in total. The monoisotopic (exact) mass is 345 g/mol. The second-order valence-corrected chi connectivity index (χ2v) is 6.29. The number of anilines is 1. The Labute approximate surface area is 146 Å². The zero-order chi connectivity index (χ0) is 16.9. The summed E-state index contributed by atoms with van der Waals surface area (Å²) in [6, 6.07) is 9.39. The van der Waals surface area contributed by atoms with Gasteiger partial charge < -0.3 is 15.0 Å². The molecule has 2 aromatic rings. The van der Waals surface area contributed by atoms with Gasteiger partial charge in [-0.1, -0.05) is 29.8 Å². The summed E-state index contributed by atoms with van der Waals surface area (Å²) in [5.74, 6) is 0.609. The zero-order valence-corrected chi connectivity index (χ0v) is 14.3. The number of likely N-dealkylation sites (tertiary alicyclic amines) is 1. The number of nitrogens with one attached hydrogen (secondary N) is 1. The molecule has 1 atom stereocenters. The van der Waals surface area contributed by atoms with E-state index in [2.05, 4.69) is 10.3 Å². The fraction of sp³-hybridized carbons (Fsp3) is 0.333. The summed E-state index contributed by atoms with van der Waals surface area (Å²) in [6.07, 6.45) is 4.93. The highest BCUT2D eigenvalue weighted by Crippen LogP contribution is 2.26. The molecule has 24 heavy (non-hydrogen) atoms. The Morgan fingerprint density at radius 2 is 2.21 bits per heavy atom. The number of rotatable bonds is 3. The van der Waals surface area contributed by atoms with Gasteiger partial charge in [-0.2, -0.15) is 0 Å². The molecule has 1 saturated heterocycles. The van der Waals surface area contributed by atoms with Crippen LogP contribution in [0.2, 0.25) is 5.02 Å². The lowest BCUT2D eigenvalue weighted by molar-refractivity contribution is 0.106. The van der Waals surface area contributed by atoms with E-state index in [1.165, 1.54) is 0 Å². The van der Waals surface area contributed by atoms with E-state index < -0.39 is 0 Å². The minimum atomic E-state index is -0.0987. The third kappa shape index (κ3) is 3.97. The first-order chi connectivity index (χ1) is 11.6. The number of aryl methyl sites for hydroxylation is 1. The molecule has 126 valence electrons. The molecule has 1 unspecified atom stereocenters. The maximum Gasteiger partial charge on any atom is 0.321 e. The summed E-state index contributed by atoms with van der Waals surface area (Å²) >= 11 is 6.09. The molecule has 0 spiro atoms. The zero-order valence-electron chi connectivity index (χ0n) is 13.5. The van der Waals surface area contributed by atoms with Crippen LogP contribution >= 0.6 is 11.6 Å². The first-order valence-electron chi connectivity index (χ1n) is 8.01. The number of aromatic nitrogens is 1. The predicted octanol–water partition coefficient (Wildman–Crippen LogP) is 4.12. The van der Waals surface area contributed by atoms with E-state index in [1.54, 1.807) is 23.4 Å². The molecule has 1 N–H and O–H groups in total. The normalized spacial score (nSPS) is 17.4. The number of piperidine rings is 1. The Morgan fingerprint density at radius 1 is 1.38 bits per heavy atom. The fourth-order valence-electron chi connectivity index (χ4n) is 2.76. The maximum atomic E-state index is 12.5. The first kappa shape index (κ1) is 16.6. The van der Waals surface area contributed by atoms with Crippen molar-refractivity contribution in [1.29, 1.82) is 0 Å². The number of ether oxygens (including phenoxy) is 1. The van der Waals surface area contributed by atoms with Crippen LogP contribution in [0.4, 0.5) is 10.5 Å². The van der Waals surface area contributed by atoms with Crippen LogP contribution in [0.15, 0.2) is 42.7 Å². The Kier molecular flexibility index (Phi) is 5.20. The van der Waals surface area contributed by atoms with E-state index in [4.69, 9.17) is 16.3 Å². The quantitative estimate of drug-likeness (QED) is 0.910. The van der Waals surface area contributed by atoms with Gasteiger partial charge in [0, 0.05) is 30.7 Å². The van der Waals surface area contributed by atoms with E-state index in [9.17, 15) is 4.79 Å². The third-order valence-corrected chi connectivity index (χ3v) is 4.36. The molecule has 1 fully saturated rings. The highest BCUT2D eigenvalue weighted by molar-refractivity contribution is 6.31. The molecule has 6 heteroatoms. The number of amides is 2. The van der Waals surface area contributed by atoms with Gasteiger partial charge in [0.1, 0.15) is 16.9 Å². The predicted molar refractivity (Wildman–Crippen MR) is 94.7 cm³/mol. The standard InChI is InChI=1S/C18H20ClN3O2/c1-13-5-2-3-7-16(13)21-18(23)22-10-4-6-14(12-22)24-17-8-9-20-11-15(17)19/h2-3,5,7-9,11,14H,4,6,10,12H2,1H3,(H,21,23). The SMILES string of the molecule is Cc1ccccc1NC(=O)N1CCCC(Oc2ccncc2Cl)C1. The molecule has 0 radical (unpaired) electrons. The number of carbonyl (C=O) groups excluding carboxylic acids is 1. The highest BCUT2D eigenvalue weighted by atomic mass is 35.5. The van der Waals surface area contributed by atoms with Crippen molar-refractivity contribution in [2.75, 3.05) is 18.4 Å². The molecule has 2 amide bonds. The van der Waals surface area contributed by atoms with E-state index >= 15 is 0 Å². The summed E-state index contributed by atoms with van der Waals surface area (Å²) in [6.45, 7) is 3.24. The van der Waals surface area contributed by atoms with Gasteiger partial charge in [-0.05, 0) is 31.4 Å². The number of hydrogen-bond acceptors (Lipinski definition) is 3. The van der Waals surface area contributed by atoms with Crippen molar-refractivity contribution in [3.63, 3.8) is 0 Å². The lowest BCUT2D eigenvalue weighted by Crippen LogP contribution is -2.46. The summed E-state index contributed by atoms with van der Waals surface area (Å²) in [5.41, 5.74) is 1.88. The van der Waals surface area contributed by atoms with Gasteiger partial charge in [-0.15, -0.1) is 0 Å². The molecule has 2 heterocycles. The second-order valence-electron chi connectivity index (χ2n) is 5.88. The van der Waals surface area contributed by atoms with Crippen molar-refractivity contribution in [2.45, 2.75) is 25.9 Å². The Hall–Kier alpha value is -2.27. The van der Waals surface area contributed by atoms with Gasteiger partial charge in [0.25, 0.3) is 0 Å². The molecule has 0 bridgehead atoms. The van der Waals surface area contributed by atoms with Gasteiger partial charge in [-0.3, -0.25) is 4.98 Å². The Bertz CT molecular complexity index is 723. The van der Waals surface area contributed by atoms with E-state index in [-0.39, 0.29) is 12.1 Å². The summed E-state index contributed by atoms with van der Waals surface area (Å²) in [5, 5.41) is 3.46. The minimum absolute atomic E-state index is 0.0683. The van der Waals surface area contributed by atoms with Crippen LogP contribution in [-0.2, 0) is 0 Å². The van der Waals surface area contributed by atoms with Crippen molar-refractivity contribution < 1.29 is 9.53 Å². The molecule has 1 aromatic heterocycles. The molecule has 1 aliphatic heterocycles. The van der Waals surface area contributed by atoms with Crippen LogP contribution in [0.5, 0.6) is 5.75 Å². The van der Waals surface area contributed by atoms with Gasteiger partial charge in [0.15, 0.2) is 0 Å². The molecule has 3 rings (SSSR count). The largest absolute Gasteiger partial charge is 0.487 e. The maximum absolute atomic E-state index is 12.5. The minimum Gasteiger partial charge on any atom is -0.487 e. The summed E-state index contributed by atoms with van der Waals surface area (Å²) in [7, 11) is 0. The summed E-state index contributed by atoms with van der Waals surface area (Å²) in [4.78, 5) is 18.2. The van der Waals surface area contributed by atoms with Crippen LogP contribution in [0.1, 0.15) is 18.4 Å². The number of urea groups is 1. The smallest absolute Gasteiger partial charge is 0.321 e.